The molecule has 3 N–H and O–H groups in total. The van der Waals surface area contributed by atoms with E-state index in [4.69, 9.17) is 38.2 Å². The number of likely N-dealkylation sites (N-methyl/N-ethyl adjacent to an activating group) is 2. The van der Waals surface area contributed by atoms with E-state index in [0.717, 1.165) is 50.4 Å². The molecular formula is C21H48Cl3N3O3. The van der Waals surface area contributed by atoms with Crippen LogP contribution in [0, 0.1) is 0 Å². The molecule has 2 saturated heterocycles. The van der Waals surface area contributed by atoms with Gasteiger partial charge < -0.3 is 42.1 Å². The molecule has 0 radical (unpaired) electrons. The molecule has 0 aromatic rings. The van der Waals surface area contributed by atoms with Crippen molar-refractivity contribution in [3.8, 4) is 0 Å². The van der Waals surface area contributed by atoms with E-state index in [0.29, 0.717) is 24.4 Å². The van der Waals surface area contributed by atoms with Crippen LogP contribution in [0.3, 0.4) is 0 Å². The Kier molecular flexibility index (Phi) is 26.8. The van der Waals surface area contributed by atoms with Gasteiger partial charge in [0.15, 0.2) is 6.10 Å². The third-order valence-corrected chi connectivity index (χ3v) is 5.85. The molecule has 2 aliphatic heterocycles. The third kappa shape index (κ3) is 19.3. The highest BCUT2D eigenvalue weighted by Gasteiger charge is 2.39. The molecule has 0 bridgehead atoms. The Morgan fingerprint density at radius 2 is 1.50 bits per heavy atom. The molecule has 2 unspecified atom stereocenters. The Morgan fingerprint density at radius 1 is 1.03 bits per heavy atom. The predicted molar refractivity (Wildman–Crippen MR) is 126 cm³/mol. The highest BCUT2D eigenvalue weighted by molar-refractivity contribution is 6.18. The van der Waals surface area contributed by atoms with Gasteiger partial charge >= 0.3 is 0 Å². The number of aliphatic hydroxyl groups is 2. The van der Waals surface area contributed by atoms with Crippen molar-refractivity contribution < 1.29 is 31.8 Å². The fraction of sp³-hybridized carbons (Fsp3) is 1.00. The molecule has 2 rings (SSSR count). The first-order valence-electron chi connectivity index (χ1n) is 11.2. The summed E-state index contributed by atoms with van der Waals surface area (Å²) < 4.78 is 5.85. The lowest BCUT2D eigenvalue weighted by atomic mass is 10.1. The summed E-state index contributed by atoms with van der Waals surface area (Å²) in [6.45, 7) is 22.7. The molecule has 0 aromatic heterocycles. The highest BCUT2D eigenvalue weighted by atomic mass is 35.5. The average Bonchev–Trinajstić information content (AvgIpc) is 3.56. The quantitative estimate of drug-likeness (QED) is 0.214. The van der Waals surface area contributed by atoms with Crippen LogP contribution in [-0.2, 0) is 4.74 Å². The summed E-state index contributed by atoms with van der Waals surface area (Å²) in [5.74, 6) is 0.997. The molecule has 186 valence electrons. The molecule has 0 aliphatic carbocycles. The molecule has 0 amide bonds. The van der Waals surface area contributed by atoms with Gasteiger partial charge in [0.05, 0.1) is 37.8 Å². The molecular weight excluding hydrogens is 449 g/mol. The molecule has 0 spiro atoms. The number of alkyl halides is 2. The SMILES string of the molecule is CCN(CC)CC(O)CCl.CCNCC.CC[N+]1(CC)CC(O)C1.ClCC1CO1.[Cl-]. The smallest absolute Gasteiger partial charge is 0.152 e. The second kappa shape index (κ2) is 22.8. The van der Waals surface area contributed by atoms with Gasteiger partial charge in [0, 0.05) is 12.4 Å². The van der Waals surface area contributed by atoms with Crippen LogP contribution in [0.25, 0.3) is 0 Å². The number of aliphatic hydroxyl groups excluding tert-OH is 2. The average molecular weight is 497 g/mol. The molecule has 6 nitrogen and oxygen atoms in total. The monoisotopic (exact) mass is 495 g/mol. The maximum absolute atomic E-state index is 9.12. The van der Waals surface area contributed by atoms with E-state index >= 15 is 0 Å². The molecule has 2 heterocycles. The maximum atomic E-state index is 9.12. The van der Waals surface area contributed by atoms with Crippen LogP contribution in [-0.4, -0.2) is 115 Å². The minimum absolute atomic E-state index is 0. The van der Waals surface area contributed by atoms with E-state index in [1.165, 1.54) is 13.1 Å². The van der Waals surface area contributed by atoms with E-state index in [1.807, 2.05) is 0 Å². The van der Waals surface area contributed by atoms with Crippen molar-refractivity contribution in [3.63, 3.8) is 0 Å². The maximum Gasteiger partial charge on any atom is 0.152 e. The van der Waals surface area contributed by atoms with E-state index in [2.05, 4.69) is 51.8 Å². The predicted octanol–water partition coefficient (Wildman–Crippen LogP) is -0.611. The second-order valence-electron chi connectivity index (χ2n) is 7.35. The summed E-state index contributed by atoms with van der Waals surface area (Å²) in [5, 5.41) is 21.3. The zero-order valence-corrected chi connectivity index (χ0v) is 22.3. The van der Waals surface area contributed by atoms with E-state index in [-0.39, 0.29) is 24.6 Å². The number of hydrogen-bond donors (Lipinski definition) is 3. The van der Waals surface area contributed by atoms with Crippen molar-refractivity contribution in [1.29, 1.82) is 0 Å². The number of likely N-dealkylation sites (tertiary alicyclic amines) is 1. The van der Waals surface area contributed by atoms with Crippen LogP contribution in [0.15, 0.2) is 0 Å². The van der Waals surface area contributed by atoms with Crippen LogP contribution >= 0.6 is 23.2 Å². The fourth-order valence-electron chi connectivity index (χ4n) is 2.82. The summed E-state index contributed by atoms with van der Waals surface area (Å²) in [5.41, 5.74) is 0. The van der Waals surface area contributed by atoms with Crippen molar-refractivity contribution in [2.24, 2.45) is 0 Å². The van der Waals surface area contributed by atoms with Gasteiger partial charge in [-0.1, -0.05) is 27.7 Å². The number of nitrogens with zero attached hydrogens (tertiary/aromatic N) is 2. The summed E-state index contributed by atoms with van der Waals surface area (Å²) in [6, 6.07) is 0. The topological polar surface area (TPSA) is 68.3 Å². The standard InChI is InChI=1S/C7H16ClNO.C7H16NO.C4H11N.C3H5ClO.ClH/c1-3-9(4-2)6-7(10)5-8;1-3-8(4-2)5-7(9)6-8;1-3-5-4-2;4-1-3-2-5-3;/h7,10H,3-6H2,1-2H3;7,9H,3-6H2,1-2H3;5H,3-4H2,1-2H3;3H,1-2H2;1H/q;+1;;;/p-1. The summed E-state index contributed by atoms with van der Waals surface area (Å²) in [7, 11) is 0. The van der Waals surface area contributed by atoms with Crippen LogP contribution < -0.4 is 17.7 Å². The van der Waals surface area contributed by atoms with Crippen molar-refractivity contribution in [1.82, 2.24) is 10.2 Å². The van der Waals surface area contributed by atoms with Crippen molar-refractivity contribution in [2.75, 3.05) is 77.3 Å². The number of rotatable bonds is 10. The van der Waals surface area contributed by atoms with Gasteiger partial charge in [-0.05, 0) is 40.0 Å². The minimum atomic E-state index is -0.374. The van der Waals surface area contributed by atoms with Gasteiger partial charge in [-0.2, -0.15) is 0 Å². The van der Waals surface area contributed by atoms with Gasteiger partial charge in [0.2, 0.25) is 0 Å². The number of epoxide rings is 1. The lowest BCUT2D eigenvalue weighted by Gasteiger charge is -2.47. The normalized spacial score (nSPS) is 19.5. The molecule has 2 fully saturated rings. The third-order valence-electron chi connectivity index (χ3n) is 5.15. The first-order chi connectivity index (χ1) is 13.8. The minimum Gasteiger partial charge on any atom is -1.00 e. The molecule has 0 aromatic carbocycles. The first-order valence-corrected chi connectivity index (χ1v) is 12.3. The van der Waals surface area contributed by atoms with E-state index < -0.39 is 0 Å². The number of quaternary nitrogens is 1. The lowest BCUT2D eigenvalue weighted by Crippen LogP contribution is -3.00. The second-order valence-corrected chi connectivity index (χ2v) is 7.97. The fourth-order valence-corrected chi connectivity index (χ4v) is 3.09. The Hall–Kier alpha value is 0.630. The van der Waals surface area contributed by atoms with Crippen LogP contribution in [0.5, 0.6) is 0 Å². The number of hydrogen-bond acceptors (Lipinski definition) is 5. The van der Waals surface area contributed by atoms with E-state index in [9.17, 15) is 0 Å². The van der Waals surface area contributed by atoms with Gasteiger partial charge in [-0.3, -0.25) is 0 Å². The van der Waals surface area contributed by atoms with Crippen LogP contribution in [0.1, 0.15) is 41.5 Å². The highest BCUT2D eigenvalue weighted by Crippen LogP contribution is 2.18. The molecule has 2 aliphatic rings. The van der Waals surface area contributed by atoms with Gasteiger partial charge in [0.25, 0.3) is 0 Å². The zero-order chi connectivity index (χ0) is 22.7. The van der Waals surface area contributed by atoms with Gasteiger partial charge in [0.1, 0.15) is 13.1 Å². The first kappa shape index (κ1) is 35.2. The number of nitrogens with one attached hydrogen (secondary N) is 1. The summed E-state index contributed by atoms with van der Waals surface area (Å²) >= 11 is 10.7. The largest absolute Gasteiger partial charge is 1.00 e. The Bertz CT molecular complexity index is 337. The van der Waals surface area contributed by atoms with Gasteiger partial charge in [-0.25, -0.2) is 0 Å². The molecule has 0 saturated carbocycles. The summed E-state index contributed by atoms with van der Waals surface area (Å²) in [6.07, 6.45) is 0.0168. The number of halogens is 3. The lowest BCUT2D eigenvalue weighted by molar-refractivity contribution is -0.969. The summed E-state index contributed by atoms with van der Waals surface area (Å²) in [4.78, 5) is 2.15. The molecule has 9 heteroatoms. The van der Waals surface area contributed by atoms with Crippen molar-refractivity contribution >= 4 is 23.2 Å². The van der Waals surface area contributed by atoms with Crippen molar-refractivity contribution in [3.05, 3.63) is 0 Å². The van der Waals surface area contributed by atoms with E-state index in [1.54, 1.807) is 0 Å². The Labute approximate surface area is 202 Å². The Morgan fingerprint density at radius 3 is 1.63 bits per heavy atom. The Balaban J connectivity index is -0.000000334. The molecule has 30 heavy (non-hydrogen) atoms. The zero-order valence-electron chi connectivity index (χ0n) is 20.0. The van der Waals surface area contributed by atoms with Crippen molar-refractivity contribution in [2.45, 2.75) is 59.9 Å². The van der Waals surface area contributed by atoms with Gasteiger partial charge in [-0.15, -0.1) is 23.2 Å². The van der Waals surface area contributed by atoms with Crippen LogP contribution in [0.2, 0.25) is 0 Å². The number of ether oxygens (including phenoxy) is 1. The van der Waals surface area contributed by atoms with Crippen LogP contribution in [0.4, 0.5) is 0 Å². The molecule has 2 atom stereocenters.